The molecule has 0 aliphatic carbocycles. The molecule has 0 saturated carbocycles. The first-order valence-corrected chi connectivity index (χ1v) is 5.29. The monoisotopic (exact) mass is 214 g/mol. The van der Waals surface area contributed by atoms with E-state index in [2.05, 4.69) is 5.32 Å². The van der Waals surface area contributed by atoms with Crippen LogP contribution in [0.1, 0.15) is 26.7 Å². The molecule has 1 heterocycles. The van der Waals surface area contributed by atoms with Gasteiger partial charge in [-0.25, -0.2) is 4.79 Å². The first kappa shape index (κ1) is 11.8. The van der Waals surface area contributed by atoms with Gasteiger partial charge < -0.3 is 15.3 Å². The molecule has 1 aliphatic heterocycles. The van der Waals surface area contributed by atoms with E-state index in [1.807, 2.05) is 18.7 Å². The number of piperidine rings is 1. The fourth-order valence-corrected chi connectivity index (χ4v) is 1.78. The summed E-state index contributed by atoms with van der Waals surface area (Å²) in [7, 11) is 0. The van der Waals surface area contributed by atoms with Crippen LogP contribution in [-0.2, 0) is 4.79 Å². The van der Waals surface area contributed by atoms with Crippen molar-refractivity contribution in [3.8, 4) is 0 Å². The van der Waals surface area contributed by atoms with Gasteiger partial charge in [0.1, 0.15) is 0 Å². The lowest BCUT2D eigenvalue weighted by atomic mass is 10.0. The summed E-state index contributed by atoms with van der Waals surface area (Å²) in [6, 6.07) is -0.00119. The molecule has 0 bridgehead atoms. The molecule has 1 fully saturated rings. The summed E-state index contributed by atoms with van der Waals surface area (Å²) >= 11 is 0. The van der Waals surface area contributed by atoms with Gasteiger partial charge in [0.05, 0.1) is 0 Å². The topological polar surface area (TPSA) is 69.6 Å². The quantitative estimate of drug-likeness (QED) is 0.717. The highest BCUT2D eigenvalue weighted by molar-refractivity contribution is 5.78. The van der Waals surface area contributed by atoms with Gasteiger partial charge in [-0.1, -0.05) is 13.8 Å². The van der Waals surface area contributed by atoms with E-state index < -0.39 is 6.09 Å². The van der Waals surface area contributed by atoms with E-state index in [1.54, 1.807) is 0 Å². The summed E-state index contributed by atoms with van der Waals surface area (Å²) in [5.41, 5.74) is 0. The predicted molar refractivity (Wildman–Crippen MR) is 55.6 cm³/mol. The van der Waals surface area contributed by atoms with Gasteiger partial charge in [-0.05, 0) is 12.8 Å². The minimum Gasteiger partial charge on any atom is -0.465 e. The van der Waals surface area contributed by atoms with Crippen LogP contribution in [0.5, 0.6) is 0 Å². The zero-order chi connectivity index (χ0) is 11.4. The molecule has 5 heteroatoms. The Labute approximate surface area is 89.4 Å². The zero-order valence-electron chi connectivity index (χ0n) is 9.19. The summed E-state index contributed by atoms with van der Waals surface area (Å²) in [4.78, 5) is 23.8. The number of carboxylic acid groups (broad SMARTS) is 1. The Balaban J connectivity index is 2.35. The van der Waals surface area contributed by atoms with Crippen molar-refractivity contribution >= 4 is 12.0 Å². The summed E-state index contributed by atoms with van der Waals surface area (Å²) in [6.45, 7) is 5.07. The smallest absolute Gasteiger partial charge is 0.404 e. The maximum atomic E-state index is 11.6. The largest absolute Gasteiger partial charge is 0.465 e. The molecule has 2 N–H and O–H groups in total. The zero-order valence-corrected chi connectivity index (χ0v) is 9.19. The van der Waals surface area contributed by atoms with Crippen LogP contribution in [-0.4, -0.2) is 41.1 Å². The number of likely N-dealkylation sites (tertiary alicyclic amines) is 1. The molecule has 0 radical (unpaired) electrons. The standard InChI is InChI=1S/C10H18N2O3/c1-7(2)9(13)12-5-3-8(4-6-12)11-10(14)15/h7-8,11H,3-6H2,1-2H3,(H,14,15). The van der Waals surface area contributed by atoms with E-state index in [1.165, 1.54) is 0 Å². The number of hydrogen-bond donors (Lipinski definition) is 2. The van der Waals surface area contributed by atoms with Crippen LogP contribution in [0.2, 0.25) is 0 Å². The fraction of sp³-hybridized carbons (Fsp3) is 0.800. The summed E-state index contributed by atoms with van der Waals surface area (Å²) in [5.74, 6) is 0.178. The van der Waals surface area contributed by atoms with Crippen LogP contribution in [0.3, 0.4) is 0 Å². The first-order chi connectivity index (χ1) is 7.00. The maximum Gasteiger partial charge on any atom is 0.404 e. The Bertz CT molecular complexity index is 245. The molecule has 0 unspecified atom stereocenters. The van der Waals surface area contributed by atoms with Crippen LogP contribution in [0.25, 0.3) is 0 Å². The summed E-state index contributed by atoms with van der Waals surface area (Å²) in [6.07, 6.45) is 0.443. The average molecular weight is 214 g/mol. The number of nitrogens with zero attached hydrogens (tertiary/aromatic N) is 1. The molecule has 1 aliphatic rings. The van der Waals surface area contributed by atoms with Crippen molar-refractivity contribution in [1.82, 2.24) is 10.2 Å². The molecule has 1 saturated heterocycles. The third-order valence-corrected chi connectivity index (χ3v) is 2.63. The Morgan fingerprint density at radius 1 is 1.33 bits per heavy atom. The van der Waals surface area contributed by atoms with Gasteiger partial charge in [-0.3, -0.25) is 4.79 Å². The van der Waals surface area contributed by atoms with E-state index in [-0.39, 0.29) is 17.9 Å². The molecule has 0 aromatic rings. The van der Waals surface area contributed by atoms with E-state index in [0.717, 1.165) is 0 Å². The number of rotatable bonds is 2. The molecule has 0 aromatic heterocycles. The minimum atomic E-state index is -0.983. The molecular weight excluding hydrogens is 196 g/mol. The van der Waals surface area contributed by atoms with Crippen LogP contribution < -0.4 is 5.32 Å². The number of carbonyl (C=O) groups is 2. The molecule has 1 rings (SSSR count). The molecule has 0 atom stereocenters. The highest BCUT2D eigenvalue weighted by Gasteiger charge is 2.24. The third-order valence-electron chi connectivity index (χ3n) is 2.63. The molecule has 2 amide bonds. The fourth-order valence-electron chi connectivity index (χ4n) is 1.78. The normalized spacial score (nSPS) is 17.9. The van der Waals surface area contributed by atoms with Gasteiger partial charge >= 0.3 is 6.09 Å². The van der Waals surface area contributed by atoms with Crippen LogP contribution >= 0.6 is 0 Å². The molecule has 15 heavy (non-hydrogen) atoms. The number of nitrogens with one attached hydrogen (secondary N) is 1. The lowest BCUT2D eigenvalue weighted by Gasteiger charge is -2.32. The van der Waals surface area contributed by atoms with Gasteiger partial charge in [0.15, 0.2) is 0 Å². The molecular formula is C10H18N2O3. The van der Waals surface area contributed by atoms with E-state index in [9.17, 15) is 9.59 Å². The first-order valence-electron chi connectivity index (χ1n) is 5.29. The van der Waals surface area contributed by atoms with Crippen LogP contribution in [0, 0.1) is 5.92 Å². The van der Waals surface area contributed by atoms with Crippen LogP contribution in [0.4, 0.5) is 4.79 Å². The van der Waals surface area contributed by atoms with Crippen molar-refractivity contribution in [3.05, 3.63) is 0 Å². The minimum absolute atomic E-state index is 0.00119. The Morgan fingerprint density at radius 3 is 2.27 bits per heavy atom. The predicted octanol–water partition coefficient (Wildman–Crippen LogP) is 0.901. The highest BCUT2D eigenvalue weighted by Crippen LogP contribution is 2.13. The molecule has 0 aromatic carbocycles. The average Bonchev–Trinajstić information content (AvgIpc) is 2.17. The van der Waals surface area contributed by atoms with Crippen molar-refractivity contribution in [1.29, 1.82) is 0 Å². The van der Waals surface area contributed by atoms with E-state index >= 15 is 0 Å². The number of carbonyl (C=O) groups excluding carboxylic acids is 1. The molecule has 5 nitrogen and oxygen atoms in total. The van der Waals surface area contributed by atoms with Crippen LogP contribution in [0.15, 0.2) is 0 Å². The second-order valence-electron chi connectivity index (χ2n) is 4.20. The van der Waals surface area contributed by atoms with Crippen molar-refractivity contribution in [2.75, 3.05) is 13.1 Å². The van der Waals surface area contributed by atoms with Gasteiger partial charge in [-0.2, -0.15) is 0 Å². The molecule has 86 valence electrons. The van der Waals surface area contributed by atoms with Gasteiger partial charge in [0, 0.05) is 25.0 Å². The number of amides is 2. The maximum absolute atomic E-state index is 11.6. The van der Waals surface area contributed by atoms with Crippen molar-refractivity contribution in [3.63, 3.8) is 0 Å². The second-order valence-corrected chi connectivity index (χ2v) is 4.20. The summed E-state index contributed by atoms with van der Waals surface area (Å²) in [5, 5.41) is 11.0. The van der Waals surface area contributed by atoms with Gasteiger partial charge in [0.25, 0.3) is 0 Å². The lowest BCUT2D eigenvalue weighted by Crippen LogP contribution is -2.47. The second kappa shape index (κ2) is 5.00. The third kappa shape index (κ3) is 3.42. The Kier molecular flexibility index (Phi) is 3.94. The highest BCUT2D eigenvalue weighted by atomic mass is 16.4. The van der Waals surface area contributed by atoms with Crippen molar-refractivity contribution in [2.45, 2.75) is 32.7 Å². The van der Waals surface area contributed by atoms with Crippen molar-refractivity contribution in [2.24, 2.45) is 5.92 Å². The number of hydrogen-bond acceptors (Lipinski definition) is 2. The Morgan fingerprint density at radius 2 is 1.87 bits per heavy atom. The van der Waals surface area contributed by atoms with Gasteiger partial charge in [0.2, 0.25) is 5.91 Å². The summed E-state index contributed by atoms with van der Waals surface area (Å²) < 4.78 is 0. The lowest BCUT2D eigenvalue weighted by molar-refractivity contribution is -0.135. The van der Waals surface area contributed by atoms with Crippen molar-refractivity contribution < 1.29 is 14.7 Å². The Hall–Kier alpha value is -1.26. The van der Waals surface area contributed by atoms with E-state index in [0.29, 0.717) is 25.9 Å². The SMILES string of the molecule is CC(C)C(=O)N1CCC(NC(=O)O)CC1. The van der Waals surface area contributed by atoms with E-state index in [4.69, 9.17) is 5.11 Å². The molecule has 0 spiro atoms. The van der Waals surface area contributed by atoms with Gasteiger partial charge in [-0.15, -0.1) is 0 Å².